The molecule has 0 N–H and O–H groups in total. The zero-order valence-electron chi connectivity index (χ0n) is 10.8. The van der Waals surface area contributed by atoms with Crippen LogP contribution >= 0.6 is 0 Å². The van der Waals surface area contributed by atoms with E-state index in [4.69, 9.17) is 0 Å². The summed E-state index contributed by atoms with van der Waals surface area (Å²) in [7, 11) is 1.63. The zero-order chi connectivity index (χ0) is 13.4. The number of amides is 1. The number of aromatic nitrogens is 2. The van der Waals surface area contributed by atoms with Crippen molar-refractivity contribution in [3.05, 3.63) is 31.5 Å². The fourth-order valence-corrected chi connectivity index (χ4v) is 1.15. The Morgan fingerprint density at radius 3 is 2.56 bits per heavy atom. The first-order valence-corrected chi connectivity index (χ1v) is 5.15. The number of aryl methyl sites for hydroxylation is 1. The van der Waals surface area contributed by atoms with Gasteiger partial charge in [0.1, 0.15) is 0 Å². The van der Waals surface area contributed by atoms with Crippen molar-refractivity contribution >= 4 is 18.0 Å². The van der Waals surface area contributed by atoms with Gasteiger partial charge in [0.2, 0.25) is 5.91 Å². The SMILES string of the molecule is C=CN(C(C)=O)c1c([C-]=O)cnn1C.[CH2-]CC.[Ni]. The predicted octanol–water partition coefficient (Wildman–Crippen LogP) is 1.60. The summed E-state index contributed by atoms with van der Waals surface area (Å²) in [6, 6.07) is 0. The van der Waals surface area contributed by atoms with Crippen LogP contribution in [0.2, 0.25) is 0 Å². The van der Waals surface area contributed by atoms with Crippen molar-refractivity contribution in [1.29, 1.82) is 0 Å². The minimum Gasteiger partial charge on any atom is -0.376 e. The molecular weight excluding hydrogens is 277 g/mol. The van der Waals surface area contributed by atoms with Gasteiger partial charge >= 0.3 is 0 Å². The van der Waals surface area contributed by atoms with E-state index in [1.807, 2.05) is 6.92 Å². The van der Waals surface area contributed by atoms with Crippen LogP contribution in [-0.2, 0) is 33.1 Å². The van der Waals surface area contributed by atoms with Crippen molar-refractivity contribution < 1.29 is 26.1 Å². The molecule has 0 unspecified atom stereocenters. The standard InChI is InChI=1S/C9H10N3O2.C3H7.Ni/c1-4-12(7(2)14)9-8(6-13)5-10-11(9)3;1-3-2;/h4-5H,1H2,2-3H3;1,3H2,2H3;/q2*-1;. The number of rotatable bonds is 3. The summed E-state index contributed by atoms with van der Waals surface area (Å²) in [5.41, 5.74) is 0.239. The minimum atomic E-state index is -0.236. The van der Waals surface area contributed by atoms with Gasteiger partial charge in [0.05, 0.1) is 6.29 Å². The Bertz CT molecular complexity index is 402. The van der Waals surface area contributed by atoms with Gasteiger partial charge in [0, 0.05) is 36.3 Å². The Balaban J connectivity index is 0. The Morgan fingerprint density at radius 2 is 2.22 bits per heavy atom. The number of hydrogen-bond donors (Lipinski definition) is 0. The fourth-order valence-electron chi connectivity index (χ4n) is 1.15. The van der Waals surface area contributed by atoms with Gasteiger partial charge in [-0.3, -0.25) is 9.89 Å². The van der Waals surface area contributed by atoms with Crippen molar-refractivity contribution in [2.75, 3.05) is 4.90 Å². The summed E-state index contributed by atoms with van der Waals surface area (Å²) >= 11 is 0. The molecule has 1 amide bonds. The molecule has 0 atom stereocenters. The van der Waals surface area contributed by atoms with E-state index in [0.717, 1.165) is 6.42 Å². The molecule has 0 aromatic carbocycles. The summed E-state index contributed by atoms with van der Waals surface area (Å²) < 4.78 is 1.42. The number of carbonyl (C=O) groups excluding carboxylic acids is 2. The summed E-state index contributed by atoms with van der Waals surface area (Å²) in [5.74, 6) is 0.141. The molecule has 0 radical (unpaired) electrons. The van der Waals surface area contributed by atoms with E-state index >= 15 is 0 Å². The van der Waals surface area contributed by atoms with Gasteiger partial charge < -0.3 is 21.3 Å². The summed E-state index contributed by atoms with van der Waals surface area (Å²) in [5, 5.41) is 3.85. The summed E-state index contributed by atoms with van der Waals surface area (Å²) in [6.45, 7) is 10.4. The Morgan fingerprint density at radius 1 is 1.72 bits per heavy atom. The molecule has 6 heteroatoms. The molecule has 0 fully saturated rings. The fraction of sp³-hybridized carbons (Fsp3) is 0.333. The van der Waals surface area contributed by atoms with Gasteiger partial charge in [-0.25, -0.2) is 0 Å². The van der Waals surface area contributed by atoms with Crippen LogP contribution in [0.3, 0.4) is 0 Å². The van der Waals surface area contributed by atoms with Crippen molar-refractivity contribution in [3.8, 4) is 0 Å². The molecule has 0 aliphatic carbocycles. The molecular formula is C12H17N3NiO2-2. The molecule has 0 aliphatic heterocycles. The average Bonchev–Trinajstić information content (AvgIpc) is 2.62. The molecule has 104 valence electrons. The minimum absolute atomic E-state index is 0. The first-order chi connectivity index (χ1) is 8.03. The first kappa shape index (κ1) is 18.9. The molecule has 0 spiro atoms. The van der Waals surface area contributed by atoms with E-state index in [2.05, 4.69) is 18.6 Å². The van der Waals surface area contributed by atoms with Crippen LogP contribution in [-0.4, -0.2) is 22.0 Å². The van der Waals surface area contributed by atoms with Crippen molar-refractivity contribution in [2.45, 2.75) is 20.3 Å². The van der Waals surface area contributed by atoms with Gasteiger partial charge in [-0.05, 0) is 12.4 Å². The van der Waals surface area contributed by atoms with E-state index in [1.54, 1.807) is 13.3 Å². The van der Waals surface area contributed by atoms with Crippen molar-refractivity contribution in [2.24, 2.45) is 7.05 Å². The van der Waals surface area contributed by atoms with Crippen LogP contribution in [0.25, 0.3) is 0 Å². The molecule has 0 saturated heterocycles. The monoisotopic (exact) mass is 293 g/mol. The van der Waals surface area contributed by atoms with E-state index in [-0.39, 0.29) is 28.0 Å². The normalized spacial score (nSPS) is 8.44. The van der Waals surface area contributed by atoms with Crippen LogP contribution < -0.4 is 4.90 Å². The molecule has 1 heterocycles. The first-order valence-electron chi connectivity index (χ1n) is 5.15. The van der Waals surface area contributed by atoms with Crippen LogP contribution in [0.15, 0.2) is 19.0 Å². The quantitative estimate of drug-likeness (QED) is 0.628. The third-order valence-electron chi connectivity index (χ3n) is 1.77. The molecule has 1 aromatic rings. The molecule has 5 nitrogen and oxygen atoms in total. The topological polar surface area (TPSA) is 55.2 Å². The Kier molecular flexibility index (Phi) is 10.1. The number of carbonyl (C=O) groups is 1. The second-order valence-corrected chi connectivity index (χ2v) is 3.18. The molecule has 0 aliphatic rings. The third kappa shape index (κ3) is 4.84. The van der Waals surface area contributed by atoms with Gasteiger partial charge in [-0.1, -0.05) is 19.1 Å². The zero-order valence-corrected chi connectivity index (χ0v) is 11.7. The summed E-state index contributed by atoms with van der Waals surface area (Å²) in [6.07, 6.45) is 5.39. The van der Waals surface area contributed by atoms with Crippen LogP contribution in [0.4, 0.5) is 5.82 Å². The maximum atomic E-state index is 11.2. The molecule has 1 rings (SSSR count). The molecule has 18 heavy (non-hydrogen) atoms. The van der Waals surface area contributed by atoms with Crippen LogP contribution in [0.5, 0.6) is 0 Å². The number of anilines is 1. The van der Waals surface area contributed by atoms with Crippen LogP contribution in [0.1, 0.15) is 25.8 Å². The van der Waals surface area contributed by atoms with Gasteiger partial charge in [0.15, 0.2) is 0 Å². The van der Waals surface area contributed by atoms with Gasteiger partial charge in [-0.2, -0.15) is 6.42 Å². The smallest absolute Gasteiger partial charge is 0.218 e. The maximum Gasteiger partial charge on any atom is 0.218 e. The van der Waals surface area contributed by atoms with Gasteiger partial charge in [0.25, 0.3) is 0 Å². The predicted molar refractivity (Wildman–Crippen MR) is 67.0 cm³/mol. The maximum absolute atomic E-state index is 11.2. The Hall–Kier alpha value is -1.42. The molecule has 0 bridgehead atoms. The largest absolute Gasteiger partial charge is 0.376 e. The second kappa shape index (κ2) is 9.60. The van der Waals surface area contributed by atoms with E-state index < -0.39 is 0 Å². The third-order valence-corrected chi connectivity index (χ3v) is 1.77. The Labute approximate surface area is 118 Å². The summed E-state index contributed by atoms with van der Waals surface area (Å²) in [4.78, 5) is 23.0. The van der Waals surface area contributed by atoms with E-state index in [1.165, 1.54) is 28.9 Å². The second-order valence-electron chi connectivity index (χ2n) is 3.18. The number of nitrogens with zero attached hydrogens (tertiary/aromatic N) is 3. The van der Waals surface area contributed by atoms with Crippen LogP contribution in [0, 0.1) is 6.92 Å². The van der Waals surface area contributed by atoms with E-state index in [0.29, 0.717) is 5.82 Å². The van der Waals surface area contributed by atoms with Gasteiger partial charge in [-0.15, -0.1) is 0 Å². The molecule has 1 aromatic heterocycles. The number of hydrogen-bond acceptors (Lipinski definition) is 3. The van der Waals surface area contributed by atoms with E-state index in [9.17, 15) is 9.59 Å². The van der Waals surface area contributed by atoms with Crippen molar-refractivity contribution in [3.63, 3.8) is 0 Å². The average molecular weight is 294 g/mol. The molecule has 0 saturated carbocycles. The van der Waals surface area contributed by atoms with Crippen molar-refractivity contribution in [1.82, 2.24) is 9.78 Å².